The molecular formula is C17H25N5O2S. The van der Waals surface area contributed by atoms with Crippen LogP contribution in [0.4, 0.5) is 0 Å². The van der Waals surface area contributed by atoms with E-state index in [9.17, 15) is 9.59 Å². The first-order valence-electron chi connectivity index (χ1n) is 8.77. The monoisotopic (exact) mass is 363 g/mol. The van der Waals surface area contributed by atoms with Gasteiger partial charge in [0.2, 0.25) is 5.91 Å². The fraction of sp³-hybridized carbons (Fsp3) is 0.647. The average Bonchev–Trinajstić information content (AvgIpc) is 2.83. The molecule has 0 spiro atoms. The number of carbonyl (C=O) groups excluding carboxylic acids is 1. The van der Waals surface area contributed by atoms with Gasteiger partial charge in [-0.3, -0.25) is 4.79 Å². The molecule has 0 aliphatic heterocycles. The Morgan fingerprint density at radius 2 is 1.96 bits per heavy atom. The van der Waals surface area contributed by atoms with E-state index in [1.807, 2.05) is 6.07 Å². The van der Waals surface area contributed by atoms with Crippen molar-refractivity contribution in [1.29, 1.82) is 0 Å². The summed E-state index contributed by atoms with van der Waals surface area (Å²) < 4.78 is 2.45. The number of nitrogens with zero attached hydrogens (tertiary/aromatic N) is 4. The normalized spacial score (nSPS) is 16.3. The van der Waals surface area contributed by atoms with Crippen LogP contribution in [0, 0.1) is 0 Å². The molecule has 0 unspecified atom stereocenters. The molecule has 0 radical (unpaired) electrons. The molecule has 1 saturated carbocycles. The molecule has 1 amide bonds. The van der Waals surface area contributed by atoms with Gasteiger partial charge in [0, 0.05) is 10.8 Å². The number of carbonyl (C=O) groups is 1. The quantitative estimate of drug-likeness (QED) is 0.843. The highest BCUT2D eigenvalue weighted by atomic mass is 32.2. The SMILES string of the molecule is CC(C)(C)Sc1ccc2nn(CC(=O)NC3CCCCC3)c(=O)n2n1. The fourth-order valence-corrected chi connectivity index (χ4v) is 3.91. The summed E-state index contributed by atoms with van der Waals surface area (Å²) in [6.07, 6.45) is 5.56. The van der Waals surface area contributed by atoms with Crippen molar-refractivity contribution < 1.29 is 4.79 Å². The number of thioether (sulfide) groups is 1. The van der Waals surface area contributed by atoms with Gasteiger partial charge in [-0.15, -0.1) is 5.10 Å². The van der Waals surface area contributed by atoms with Crippen molar-refractivity contribution in [3.05, 3.63) is 22.6 Å². The summed E-state index contributed by atoms with van der Waals surface area (Å²) in [6.45, 7) is 6.20. The minimum atomic E-state index is -0.384. The van der Waals surface area contributed by atoms with Crippen LogP contribution in [0.15, 0.2) is 22.0 Å². The predicted molar refractivity (Wildman–Crippen MR) is 97.9 cm³/mol. The molecule has 136 valence electrons. The van der Waals surface area contributed by atoms with Crippen LogP contribution in [0.5, 0.6) is 0 Å². The van der Waals surface area contributed by atoms with Gasteiger partial charge >= 0.3 is 5.69 Å². The lowest BCUT2D eigenvalue weighted by Crippen LogP contribution is -2.40. The minimum absolute atomic E-state index is 0.000160. The zero-order valence-corrected chi connectivity index (χ0v) is 15.8. The summed E-state index contributed by atoms with van der Waals surface area (Å²) in [5.41, 5.74) is 0.0684. The van der Waals surface area contributed by atoms with Gasteiger partial charge in [-0.05, 0) is 25.0 Å². The van der Waals surface area contributed by atoms with Gasteiger partial charge in [0.15, 0.2) is 5.65 Å². The molecule has 8 heteroatoms. The second-order valence-corrected chi connectivity index (χ2v) is 9.35. The van der Waals surface area contributed by atoms with E-state index in [0.29, 0.717) is 5.65 Å². The van der Waals surface area contributed by atoms with Crippen molar-refractivity contribution in [3.8, 4) is 0 Å². The maximum atomic E-state index is 12.5. The average molecular weight is 363 g/mol. The van der Waals surface area contributed by atoms with E-state index in [1.165, 1.54) is 15.6 Å². The number of amides is 1. The molecule has 0 bridgehead atoms. The molecule has 1 fully saturated rings. The Kier molecular flexibility index (Phi) is 5.17. The van der Waals surface area contributed by atoms with Gasteiger partial charge < -0.3 is 5.32 Å². The molecule has 1 aliphatic rings. The Hall–Kier alpha value is -1.83. The number of fused-ring (bicyclic) bond motifs is 1. The van der Waals surface area contributed by atoms with E-state index in [4.69, 9.17) is 0 Å². The van der Waals surface area contributed by atoms with Crippen molar-refractivity contribution in [2.24, 2.45) is 0 Å². The van der Waals surface area contributed by atoms with E-state index in [0.717, 1.165) is 30.7 Å². The van der Waals surface area contributed by atoms with E-state index in [2.05, 4.69) is 36.3 Å². The molecule has 25 heavy (non-hydrogen) atoms. The van der Waals surface area contributed by atoms with Crippen LogP contribution >= 0.6 is 11.8 Å². The summed E-state index contributed by atoms with van der Waals surface area (Å²) in [5.74, 6) is -0.165. The third kappa shape index (κ3) is 4.62. The second-order valence-electron chi connectivity index (χ2n) is 7.50. The van der Waals surface area contributed by atoms with Crippen LogP contribution in [0.1, 0.15) is 52.9 Å². The van der Waals surface area contributed by atoms with E-state index >= 15 is 0 Å². The number of aromatic nitrogens is 4. The molecule has 1 aliphatic carbocycles. The number of rotatable bonds is 4. The van der Waals surface area contributed by atoms with Crippen molar-refractivity contribution in [1.82, 2.24) is 24.7 Å². The molecule has 0 aromatic carbocycles. The third-order valence-electron chi connectivity index (χ3n) is 4.09. The molecule has 0 saturated heterocycles. The van der Waals surface area contributed by atoms with E-state index in [-0.39, 0.29) is 28.9 Å². The molecule has 0 atom stereocenters. The zero-order valence-electron chi connectivity index (χ0n) is 15.0. The molecular weight excluding hydrogens is 338 g/mol. The topological polar surface area (TPSA) is 81.3 Å². The second kappa shape index (κ2) is 7.19. The smallest absolute Gasteiger partial charge is 0.352 e. The lowest BCUT2D eigenvalue weighted by atomic mass is 9.95. The first kappa shape index (κ1) is 18.0. The zero-order chi connectivity index (χ0) is 18.0. The van der Waals surface area contributed by atoms with Gasteiger partial charge in [0.05, 0.1) is 0 Å². The standard InChI is InChI=1S/C17H25N5O2S/c1-17(2,3)25-15-10-9-13-19-21(16(24)22(13)20-15)11-14(23)18-12-7-5-4-6-8-12/h9-10,12H,4-8,11H2,1-3H3,(H,18,23). The lowest BCUT2D eigenvalue weighted by molar-refractivity contribution is -0.122. The van der Waals surface area contributed by atoms with E-state index in [1.54, 1.807) is 17.8 Å². The molecule has 2 aromatic heterocycles. The van der Waals surface area contributed by atoms with Crippen LogP contribution in [0.3, 0.4) is 0 Å². The molecule has 2 aromatic rings. The van der Waals surface area contributed by atoms with Crippen molar-refractivity contribution >= 4 is 23.3 Å². The number of hydrogen-bond acceptors (Lipinski definition) is 5. The maximum absolute atomic E-state index is 12.5. The number of nitrogens with one attached hydrogen (secondary N) is 1. The third-order valence-corrected chi connectivity index (χ3v) is 5.13. The summed E-state index contributed by atoms with van der Waals surface area (Å²) in [4.78, 5) is 24.7. The Bertz CT molecular complexity index is 815. The van der Waals surface area contributed by atoms with Gasteiger partial charge in [-0.1, -0.05) is 51.8 Å². The van der Waals surface area contributed by atoms with Crippen LogP contribution < -0.4 is 11.0 Å². The highest BCUT2D eigenvalue weighted by Gasteiger charge is 2.19. The molecule has 1 N–H and O–H groups in total. The van der Waals surface area contributed by atoms with Crippen molar-refractivity contribution in [2.75, 3.05) is 0 Å². The Morgan fingerprint density at radius 1 is 1.24 bits per heavy atom. The first-order valence-corrected chi connectivity index (χ1v) is 9.59. The highest BCUT2D eigenvalue weighted by molar-refractivity contribution is 8.00. The Labute approximate surface area is 151 Å². The maximum Gasteiger partial charge on any atom is 0.367 e. The van der Waals surface area contributed by atoms with Gasteiger partial charge in [0.1, 0.15) is 11.6 Å². The summed E-state index contributed by atoms with van der Waals surface area (Å²) >= 11 is 1.58. The molecule has 7 nitrogen and oxygen atoms in total. The molecule has 2 heterocycles. The predicted octanol–water partition coefficient (Wildman–Crippen LogP) is 2.23. The van der Waals surface area contributed by atoms with Gasteiger partial charge in [-0.25, -0.2) is 9.48 Å². The summed E-state index contributed by atoms with van der Waals surface area (Å²) in [5, 5.41) is 12.3. The van der Waals surface area contributed by atoms with Crippen molar-refractivity contribution in [3.63, 3.8) is 0 Å². The summed E-state index contributed by atoms with van der Waals surface area (Å²) in [6, 6.07) is 3.84. The number of hydrogen-bond donors (Lipinski definition) is 1. The van der Waals surface area contributed by atoms with Crippen LogP contribution in [0.2, 0.25) is 0 Å². The van der Waals surface area contributed by atoms with Crippen molar-refractivity contribution in [2.45, 2.75) is 75.2 Å². The Balaban J connectivity index is 1.74. The first-order chi connectivity index (χ1) is 11.8. The van der Waals surface area contributed by atoms with E-state index < -0.39 is 0 Å². The highest BCUT2D eigenvalue weighted by Crippen LogP contribution is 2.29. The lowest BCUT2D eigenvalue weighted by Gasteiger charge is -2.22. The van der Waals surface area contributed by atoms with Gasteiger partial charge in [-0.2, -0.15) is 9.61 Å². The Morgan fingerprint density at radius 3 is 2.64 bits per heavy atom. The fourth-order valence-electron chi connectivity index (χ4n) is 3.02. The van der Waals surface area contributed by atoms with Crippen LogP contribution in [0.25, 0.3) is 5.65 Å². The van der Waals surface area contributed by atoms with Crippen LogP contribution in [-0.2, 0) is 11.3 Å². The minimum Gasteiger partial charge on any atom is -0.352 e. The van der Waals surface area contributed by atoms with Gasteiger partial charge in [0.25, 0.3) is 0 Å². The molecule has 3 rings (SSSR count). The van der Waals surface area contributed by atoms with Crippen LogP contribution in [-0.4, -0.2) is 36.1 Å². The largest absolute Gasteiger partial charge is 0.367 e. The summed E-state index contributed by atoms with van der Waals surface area (Å²) in [7, 11) is 0.